The van der Waals surface area contributed by atoms with Crippen LogP contribution in [0.5, 0.6) is 0 Å². The van der Waals surface area contributed by atoms with E-state index in [1.165, 1.54) is 6.07 Å². The topological polar surface area (TPSA) is 100 Å². The molecular weight excluding hydrogens is 436 g/mol. The van der Waals surface area contributed by atoms with Crippen molar-refractivity contribution in [3.05, 3.63) is 88.5 Å². The molecule has 1 atom stereocenters. The molecule has 0 spiro atoms. The summed E-state index contributed by atoms with van der Waals surface area (Å²) in [6.45, 7) is -0.174. The van der Waals surface area contributed by atoms with E-state index in [-0.39, 0.29) is 24.3 Å². The molecule has 0 saturated heterocycles. The number of nitrogens with one attached hydrogen (secondary N) is 3. The summed E-state index contributed by atoms with van der Waals surface area (Å²) < 4.78 is 5.64. The van der Waals surface area contributed by atoms with Crippen molar-refractivity contribution in [3.8, 4) is 0 Å². The minimum atomic E-state index is -0.457. The van der Waals surface area contributed by atoms with Crippen molar-refractivity contribution >= 4 is 38.8 Å². The van der Waals surface area contributed by atoms with Gasteiger partial charge in [-0.15, -0.1) is 0 Å². The maximum absolute atomic E-state index is 12.6. The van der Waals surface area contributed by atoms with E-state index in [4.69, 9.17) is 4.42 Å². The Morgan fingerprint density at radius 1 is 1.07 bits per heavy atom. The molecule has 146 valence electrons. The van der Waals surface area contributed by atoms with Gasteiger partial charge in [0.15, 0.2) is 10.4 Å². The maximum atomic E-state index is 12.6. The second kappa shape index (κ2) is 8.32. The molecule has 2 heterocycles. The van der Waals surface area contributed by atoms with Crippen LogP contribution in [0.15, 0.2) is 76.1 Å². The van der Waals surface area contributed by atoms with Crippen molar-refractivity contribution in [2.75, 3.05) is 6.54 Å². The van der Waals surface area contributed by atoms with Crippen LogP contribution in [0.3, 0.4) is 0 Å². The highest BCUT2D eigenvalue weighted by atomic mass is 79.9. The van der Waals surface area contributed by atoms with E-state index >= 15 is 0 Å². The summed E-state index contributed by atoms with van der Waals surface area (Å²) in [6.07, 6.45) is 1.63. The quantitative estimate of drug-likeness (QED) is 0.416. The Bertz CT molecular complexity index is 1150. The zero-order chi connectivity index (χ0) is 20.2. The molecule has 2 amide bonds. The van der Waals surface area contributed by atoms with E-state index in [2.05, 4.69) is 36.5 Å². The van der Waals surface area contributed by atoms with E-state index < -0.39 is 5.91 Å². The standard InChI is InChI=1S/C21H17BrN4O3/c22-18-9-8-17(29-18)21(28)23-11-19(27)26-20(13-4-2-1-3-5-13)14-6-7-15-16(10-14)25-12-24-15/h1-10,12,20H,11H2,(H,23,28)(H,24,25)(H,26,27). The third kappa shape index (κ3) is 4.38. The number of furan rings is 1. The second-order valence-corrected chi connectivity index (χ2v) is 7.16. The summed E-state index contributed by atoms with van der Waals surface area (Å²) in [7, 11) is 0. The SMILES string of the molecule is O=C(CNC(=O)c1ccc(Br)o1)NC(c1ccccc1)c1ccc2nc[nH]c2c1. The minimum absolute atomic E-state index is 0.133. The van der Waals surface area contributed by atoms with Crippen molar-refractivity contribution < 1.29 is 14.0 Å². The number of aromatic nitrogens is 2. The number of fused-ring (bicyclic) bond motifs is 1. The number of aromatic amines is 1. The Balaban J connectivity index is 1.50. The average molecular weight is 453 g/mol. The van der Waals surface area contributed by atoms with E-state index in [0.717, 1.165) is 22.2 Å². The number of imidazole rings is 1. The van der Waals surface area contributed by atoms with E-state index in [1.807, 2.05) is 48.5 Å². The number of nitrogens with zero attached hydrogens (tertiary/aromatic N) is 1. The molecule has 29 heavy (non-hydrogen) atoms. The molecule has 7 nitrogen and oxygen atoms in total. The number of rotatable bonds is 6. The van der Waals surface area contributed by atoms with Gasteiger partial charge in [-0.25, -0.2) is 4.98 Å². The van der Waals surface area contributed by atoms with Gasteiger partial charge in [-0.05, 0) is 51.3 Å². The zero-order valence-electron chi connectivity index (χ0n) is 15.2. The number of halogens is 1. The highest BCUT2D eigenvalue weighted by Gasteiger charge is 2.19. The molecule has 0 aliphatic carbocycles. The van der Waals surface area contributed by atoms with Crippen LogP contribution in [-0.4, -0.2) is 28.3 Å². The molecule has 4 rings (SSSR count). The van der Waals surface area contributed by atoms with Crippen molar-refractivity contribution in [2.24, 2.45) is 0 Å². The van der Waals surface area contributed by atoms with E-state index in [1.54, 1.807) is 12.4 Å². The molecule has 0 aliphatic heterocycles. The van der Waals surface area contributed by atoms with Gasteiger partial charge in [0.05, 0.1) is 29.9 Å². The van der Waals surface area contributed by atoms with Gasteiger partial charge >= 0.3 is 0 Å². The van der Waals surface area contributed by atoms with Crippen molar-refractivity contribution in [2.45, 2.75) is 6.04 Å². The lowest BCUT2D eigenvalue weighted by Gasteiger charge is -2.20. The van der Waals surface area contributed by atoms with Crippen LogP contribution in [0.1, 0.15) is 27.7 Å². The fourth-order valence-corrected chi connectivity index (χ4v) is 3.34. The van der Waals surface area contributed by atoms with Gasteiger partial charge in [0.1, 0.15) is 0 Å². The zero-order valence-corrected chi connectivity index (χ0v) is 16.8. The molecule has 0 radical (unpaired) electrons. The Labute approximate surface area is 174 Å². The molecule has 8 heteroatoms. The fourth-order valence-electron chi connectivity index (χ4n) is 3.03. The number of carbonyl (C=O) groups is 2. The van der Waals surface area contributed by atoms with Crippen LogP contribution in [0.2, 0.25) is 0 Å². The van der Waals surface area contributed by atoms with Gasteiger partial charge in [0, 0.05) is 0 Å². The molecule has 2 aromatic heterocycles. The second-order valence-electron chi connectivity index (χ2n) is 6.38. The average Bonchev–Trinajstić information content (AvgIpc) is 3.39. The highest BCUT2D eigenvalue weighted by molar-refractivity contribution is 9.10. The maximum Gasteiger partial charge on any atom is 0.287 e. The van der Waals surface area contributed by atoms with Crippen LogP contribution in [0.25, 0.3) is 11.0 Å². The van der Waals surface area contributed by atoms with Gasteiger partial charge in [-0.3, -0.25) is 9.59 Å². The van der Waals surface area contributed by atoms with Gasteiger partial charge in [-0.1, -0.05) is 36.4 Å². The minimum Gasteiger partial charge on any atom is -0.444 e. The molecule has 0 saturated carbocycles. The van der Waals surface area contributed by atoms with Crippen LogP contribution >= 0.6 is 15.9 Å². The molecule has 4 aromatic rings. The predicted octanol–water partition coefficient (Wildman–Crippen LogP) is 3.55. The Morgan fingerprint density at radius 3 is 2.66 bits per heavy atom. The van der Waals surface area contributed by atoms with E-state index in [0.29, 0.717) is 4.67 Å². The number of benzene rings is 2. The number of hydrogen-bond donors (Lipinski definition) is 3. The molecular formula is C21H17BrN4O3. The summed E-state index contributed by atoms with van der Waals surface area (Å²) >= 11 is 3.15. The first kappa shape index (κ1) is 18.9. The lowest BCUT2D eigenvalue weighted by atomic mass is 9.98. The number of hydrogen-bond acceptors (Lipinski definition) is 4. The molecule has 1 unspecified atom stereocenters. The third-order valence-electron chi connectivity index (χ3n) is 4.42. The van der Waals surface area contributed by atoms with E-state index in [9.17, 15) is 9.59 Å². The van der Waals surface area contributed by atoms with Crippen molar-refractivity contribution in [1.82, 2.24) is 20.6 Å². The largest absolute Gasteiger partial charge is 0.444 e. The summed E-state index contributed by atoms with van der Waals surface area (Å²) in [5, 5.41) is 5.55. The van der Waals surface area contributed by atoms with Crippen LogP contribution in [0.4, 0.5) is 0 Å². The Morgan fingerprint density at radius 2 is 1.90 bits per heavy atom. The molecule has 3 N–H and O–H groups in total. The Kier molecular flexibility index (Phi) is 5.44. The first-order chi connectivity index (χ1) is 14.1. The van der Waals surface area contributed by atoms with Crippen molar-refractivity contribution in [3.63, 3.8) is 0 Å². The first-order valence-corrected chi connectivity index (χ1v) is 9.70. The first-order valence-electron chi connectivity index (χ1n) is 8.91. The number of carbonyl (C=O) groups excluding carboxylic acids is 2. The normalized spacial score (nSPS) is 11.9. The number of H-pyrrole nitrogens is 1. The summed E-state index contributed by atoms with van der Waals surface area (Å²) in [5.74, 6) is -0.641. The number of amides is 2. The van der Waals surface area contributed by atoms with Crippen LogP contribution in [0, 0.1) is 0 Å². The van der Waals surface area contributed by atoms with Crippen LogP contribution in [-0.2, 0) is 4.79 Å². The monoisotopic (exact) mass is 452 g/mol. The lowest BCUT2D eigenvalue weighted by molar-refractivity contribution is -0.120. The predicted molar refractivity (Wildman–Crippen MR) is 111 cm³/mol. The molecule has 0 bridgehead atoms. The molecule has 2 aromatic carbocycles. The van der Waals surface area contributed by atoms with Gasteiger partial charge in [0.25, 0.3) is 5.91 Å². The summed E-state index contributed by atoms with van der Waals surface area (Å²) in [5.41, 5.74) is 3.57. The van der Waals surface area contributed by atoms with Gasteiger partial charge < -0.3 is 20.0 Å². The summed E-state index contributed by atoms with van der Waals surface area (Å²) in [4.78, 5) is 32.0. The van der Waals surface area contributed by atoms with Gasteiger partial charge in [-0.2, -0.15) is 0 Å². The third-order valence-corrected chi connectivity index (χ3v) is 4.85. The highest BCUT2D eigenvalue weighted by Crippen LogP contribution is 2.24. The molecule has 0 aliphatic rings. The Hall–Kier alpha value is -3.39. The van der Waals surface area contributed by atoms with Crippen LogP contribution < -0.4 is 10.6 Å². The van der Waals surface area contributed by atoms with Gasteiger partial charge in [0.2, 0.25) is 5.91 Å². The fraction of sp³-hybridized carbons (Fsp3) is 0.0952. The molecule has 0 fully saturated rings. The smallest absolute Gasteiger partial charge is 0.287 e. The lowest BCUT2D eigenvalue weighted by Crippen LogP contribution is -2.39. The summed E-state index contributed by atoms with van der Waals surface area (Å²) in [6, 6.07) is 18.2. The van der Waals surface area contributed by atoms with Crippen molar-refractivity contribution in [1.29, 1.82) is 0 Å².